The van der Waals surface area contributed by atoms with Gasteiger partial charge < -0.3 is 10.8 Å². The van der Waals surface area contributed by atoms with Crippen molar-refractivity contribution in [3.05, 3.63) is 35.9 Å². The van der Waals surface area contributed by atoms with Crippen molar-refractivity contribution in [2.24, 2.45) is 0 Å². The van der Waals surface area contributed by atoms with Crippen LogP contribution in [-0.2, 0) is 0 Å². The number of anilines is 1. The molecular weight excluding hydrogens is 222 g/mol. The van der Waals surface area contributed by atoms with Gasteiger partial charge in [-0.3, -0.25) is 0 Å². The molecule has 2 nitrogen and oxygen atoms in total. The van der Waals surface area contributed by atoms with Crippen LogP contribution in [0.1, 0.15) is 43.6 Å². The van der Waals surface area contributed by atoms with Gasteiger partial charge >= 0.3 is 0 Å². The number of nitrogen functional groups attached to an aromatic ring is 1. The first-order valence-corrected chi connectivity index (χ1v) is 6.77. The number of rotatable bonds is 1. The van der Waals surface area contributed by atoms with E-state index in [9.17, 15) is 5.11 Å². The fourth-order valence-electron chi connectivity index (χ4n) is 3.19. The summed E-state index contributed by atoms with van der Waals surface area (Å²) in [6.45, 7) is 0. The Morgan fingerprint density at radius 2 is 1.72 bits per heavy atom. The first-order chi connectivity index (χ1) is 8.75. The third-order valence-corrected chi connectivity index (χ3v) is 4.09. The molecule has 0 spiro atoms. The first kappa shape index (κ1) is 11.4. The highest BCUT2D eigenvalue weighted by atomic mass is 16.3. The molecule has 0 aliphatic heterocycles. The standard InChI is InChI=1S/C16H19NO/c17-15-9-7-11-6-8-13(18)10-14(11)16(15)12-4-2-1-3-5-12/h6-10,12,18H,1-5,17H2. The van der Waals surface area contributed by atoms with Gasteiger partial charge in [-0.05, 0) is 53.3 Å². The minimum Gasteiger partial charge on any atom is -0.508 e. The maximum Gasteiger partial charge on any atom is 0.116 e. The molecule has 1 saturated carbocycles. The molecule has 3 rings (SSSR count). The Labute approximate surface area is 107 Å². The van der Waals surface area contributed by atoms with E-state index in [4.69, 9.17) is 5.73 Å². The Balaban J connectivity index is 2.18. The van der Waals surface area contributed by atoms with E-state index >= 15 is 0 Å². The van der Waals surface area contributed by atoms with Gasteiger partial charge in [-0.15, -0.1) is 0 Å². The molecular formula is C16H19NO. The topological polar surface area (TPSA) is 46.2 Å². The number of fused-ring (bicyclic) bond motifs is 1. The second kappa shape index (κ2) is 4.52. The summed E-state index contributed by atoms with van der Waals surface area (Å²) < 4.78 is 0. The predicted molar refractivity (Wildman–Crippen MR) is 75.9 cm³/mol. The number of hydrogen-bond donors (Lipinski definition) is 2. The molecule has 0 unspecified atom stereocenters. The molecule has 1 fully saturated rings. The molecule has 0 saturated heterocycles. The zero-order chi connectivity index (χ0) is 12.5. The molecule has 2 aromatic rings. The van der Waals surface area contributed by atoms with E-state index < -0.39 is 0 Å². The molecule has 1 aliphatic carbocycles. The number of phenolic OH excluding ortho intramolecular Hbond substituents is 1. The average molecular weight is 241 g/mol. The highest BCUT2D eigenvalue weighted by Gasteiger charge is 2.20. The van der Waals surface area contributed by atoms with Crippen molar-refractivity contribution in [2.45, 2.75) is 38.0 Å². The van der Waals surface area contributed by atoms with Crippen LogP contribution < -0.4 is 5.73 Å². The molecule has 1 aliphatic rings. The molecule has 0 atom stereocenters. The zero-order valence-corrected chi connectivity index (χ0v) is 10.5. The highest BCUT2D eigenvalue weighted by Crippen LogP contribution is 2.40. The lowest BCUT2D eigenvalue weighted by molar-refractivity contribution is 0.446. The van der Waals surface area contributed by atoms with Gasteiger partial charge in [0.2, 0.25) is 0 Å². The van der Waals surface area contributed by atoms with E-state index in [0.29, 0.717) is 11.7 Å². The molecule has 0 radical (unpaired) electrons. The summed E-state index contributed by atoms with van der Waals surface area (Å²) in [4.78, 5) is 0. The minimum absolute atomic E-state index is 0.324. The van der Waals surface area contributed by atoms with Crippen LogP contribution in [0.2, 0.25) is 0 Å². The van der Waals surface area contributed by atoms with Gasteiger partial charge in [0.05, 0.1) is 0 Å². The third-order valence-electron chi connectivity index (χ3n) is 4.09. The van der Waals surface area contributed by atoms with Gasteiger partial charge in [-0.25, -0.2) is 0 Å². The zero-order valence-electron chi connectivity index (χ0n) is 10.5. The summed E-state index contributed by atoms with van der Waals surface area (Å²) in [6, 6.07) is 9.61. The lowest BCUT2D eigenvalue weighted by Crippen LogP contribution is -2.08. The largest absolute Gasteiger partial charge is 0.508 e. The number of benzene rings is 2. The molecule has 3 N–H and O–H groups in total. The molecule has 0 amide bonds. The van der Waals surface area contributed by atoms with Crippen LogP contribution in [0.4, 0.5) is 5.69 Å². The van der Waals surface area contributed by atoms with Crippen molar-refractivity contribution in [2.75, 3.05) is 5.73 Å². The quantitative estimate of drug-likeness (QED) is 0.736. The van der Waals surface area contributed by atoms with Crippen LogP contribution in [0.15, 0.2) is 30.3 Å². The molecule has 2 aromatic carbocycles. The summed E-state index contributed by atoms with van der Waals surface area (Å²) in [7, 11) is 0. The van der Waals surface area contributed by atoms with E-state index in [1.807, 2.05) is 24.3 Å². The molecule has 0 aromatic heterocycles. The van der Waals surface area contributed by atoms with Gasteiger partial charge in [0.15, 0.2) is 0 Å². The van der Waals surface area contributed by atoms with E-state index in [2.05, 4.69) is 0 Å². The normalized spacial score (nSPS) is 17.1. The van der Waals surface area contributed by atoms with Gasteiger partial charge in [0.1, 0.15) is 5.75 Å². The monoisotopic (exact) mass is 241 g/mol. The smallest absolute Gasteiger partial charge is 0.116 e. The third kappa shape index (κ3) is 1.92. The maximum absolute atomic E-state index is 9.70. The second-order valence-electron chi connectivity index (χ2n) is 5.31. The molecule has 2 heteroatoms. The van der Waals surface area contributed by atoms with Crippen LogP contribution in [0.25, 0.3) is 10.8 Å². The van der Waals surface area contributed by atoms with E-state index in [1.54, 1.807) is 6.07 Å². The Morgan fingerprint density at radius 3 is 2.50 bits per heavy atom. The van der Waals surface area contributed by atoms with Crippen molar-refractivity contribution in [3.63, 3.8) is 0 Å². The summed E-state index contributed by atoms with van der Waals surface area (Å²) in [5.74, 6) is 0.884. The van der Waals surface area contributed by atoms with E-state index in [-0.39, 0.29) is 0 Å². The van der Waals surface area contributed by atoms with Crippen LogP contribution in [0, 0.1) is 0 Å². The summed E-state index contributed by atoms with van der Waals surface area (Å²) in [5.41, 5.74) is 8.31. The fraction of sp³-hybridized carbons (Fsp3) is 0.375. The Hall–Kier alpha value is -1.70. The van der Waals surface area contributed by atoms with Crippen LogP contribution in [0.3, 0.4) is 0 Å². The summed E-state index contributed by atoms with van der Waals surface area (Å²) >= 11 is 0. The van der Waals surface area contributed by atoms with Crippen molar-refractivity contribution >= 4 is 16.5 Å². The van der Waals surface area contributed by atoms with E-state index in [1.165, 1.54) is 43.1 Å². The molecule has 94 valence electrons. The predicted octanol–water partition coefficient (Wildman–Crippen LogP) is 4.18. The lowest BCUT2D eigenvalue weighted by Gasteiger charge is -2.25. The fourth-order valence-corrected chi connectivity index (χ4v) is 3.19. The summed E-state index contributed by atoms with van der Waals surface area (Å²) in [6.07, 6.45) is 6.36. The maximum atomic E-state index is 9.70. The van der Waals surface area contributed by atoms with E-state index in [0.717, 1.165) is 11.1 Å². The van der Waals surface area contributed by atoms with Crippen molar-refractivity contribution in [3.8, 4) is 5.75 Å². The van der Waals surface area contributed by atoms with Crippen molar-refractivity contribution in [1.82, 2.24) is 0 Å². The van der Waals surface area contributed by atoms with Crippen LogP contribution >= 0.6 is 0 Å². The van der Waals surface area contributed by atoms with Gasteiger partial charge in [-0.2, -0.15) is 0 Å². The Kier molecular flexibility index (Phi) is 2.86. The molecule has 0 heterocycles. The van der Waals surface area contributed by atoms with Gasteiger partial charge in [0.25, 0.3) is 0 Å². The van der Waals surface area contributed by atoms with Crippen LogP contribution in [0.5, 0.6) is 5.75 Å². The first-order valence-electron chi connectivity index (χ1n) is 6.77. The molecule has 18 heavy (non-hydrogen) atoms. The number of phenols is 1. The average Bonchev–Trinajstić information content (AvgIpc) is 2.39. The SMILES string of the molecule is Nc1ccc2ccc(O)cc2c1C1CCCCC1. The number of aromatic hydroxyl groups is 1. The summed E-state index contributed by atoms with van der Waals surface area (Å²) in [5, 5.41) is 12.0. The van der Waals surface area contributed by atoms with Crippen molar-refractivity contribution in [1.29, 1.82) is 0 Å². The second-order valence-corrected chi connectivity index (χ2v) is 5.31. The van der Waals surface area contributed by atoms with Crippen molar-refractivity contribution < 1.29 is 5.11 Å². The number of hydrogen-bond acceptors (Lipinski definition) is 2. The number of nitrogens with two attached hydrogens (primary N) is 1. The van der Waals surface area contributed by atoms with Gasteiger partial charge in [0, 0.05) is 5.69 Å². The minimum atomic E-state index is 0.324. The Bertz CT molecular complexity index is 565. The lowest BCUT2D eigenvalue weighted by atomic mass is 9.81. The van der Waals surface area contributed by atoms with Crippen LogP contribution in [-0.4, -0.2) is 5.11 Å². The Morgan fingerprint density at radius 1 is 1.00 bits per heavy atom. The van der Waals surface area contributed by atoms with Gasteiger partial charge in [-0.1, -0.05) is 31.4 Å². The molecule has 0 bridgehead atoms. The highest BCUT2D eigenvalue weighted by molar-refractivity contribution is 5.91.